The van der Waals surface area contributed by atoms with E-state index in [1.807, 2.05) is 20.8 Å². The number of likely N-dealkylation sites (tertiary alicyclic amines) is 1. The molecule has 1 saturated carbocycles. The van der Waals surface area contributed by atoms with Gasteiger partial charge in [0, 0.05) is 6.54 Å². The van der Waals surface area contributed by atoms with E-state index >= 15 is 0 Å². The molecule has 120 valence electrons. The van der Waals surface area contributed by atoms with Crippen molar-refractivity contribution < 1.29 is 19.1 Å². The summed E-state index contributed by atoms with van der Waals surface area (Å²) in [5.74, 6) is -0.0143. The van der Waals surface area contributed by atoms with Gasteiger partial charge in [-0.15, -0.1) is 0 Å². The molecule has 1 unspecified atom stereocenters. The van der Waals surface area contributed by atoms with E-state index in [1.54, 1.807) is 4.90 Å². The molecule has 1 aliphatic carbocycles. The van der Waals surface area contributed by atoms with Crippen molar-refractivity contribution in [1.82, 2.24) is 4.90 Å². The lowest BCUT2D eigenvalue weighted by molar-refractivity contribution is -0.153. The largest absolute Gasteiger partial charge is 0.463 e. The quantitative estimate of drug-likeness (QED) is 0.751. The first-order valence-electron chi connectivity index (χ1n) is 8.03. The van der Waals surface area contributed by atoms with E-state index in [1.165, 1.54) is 0 Å². The fourth-order valence-electron chi connectivity index (χ4n) is 2.67. The zero-order chi connectivity index (χ0) is 15.5. The van der Waals surface area contributed by atoms with Crippen LogP contribution in [-0.4, -0.2) is 41.8 Å². The van der Waals surface area contributed by atoms with Gasteiger partial charge in [0.25, 0.3) is 0 Å². The van der Waals surface area contributed by atoms with Crippen LogP contribution in [0.3, 0.4) is 0 Å². The molecule has 21 heavy (non-hydrogen) atoms. The van der Waals surface area contributed by atoms with E-state index in [2.05, 4.69) is 0 Å². The summed E-state index contributed by atoms with van der Waals surface area (Å²) in [7, 11) is 0. The normalized spacial score (nSPS) is 23.4. The predicted octanol–water partition coefficient (Wildman–Crippen LogP) is 3.12. The van der Waals surface area contributed by atoms with Gasteiger partial charge in [0.1, 0.15) is 12.2 Å². The molecule has 5 nitrogen and oxygen atoms in total. The lowest BCUT2D eigenvalue weighted by atomic mass is 9.86. The van der Waals surface area contributed by atoms with Crippen LogP contribution in [0.4, 0.5) is 4.79 Å². The van der Waals surface area contributed by atoms with Crippen molar-refractivity contribution in [2.45, 2.75) is 70.9 Å². The van der Waals surface area contributed by atoms with Gasteiger partial charge in [-0.2, -0.15) is 0 Å². The van der Waals surface area contributed by atoms with Crippen molar-refractivity contribution in [2.24, 2.45) is 5.92 Å². The summed E-state index contributed by atoms with van der Waals surface area (Å²) in [6.45, 7) is 6.57. The van der Waals surface area contributed by atoms with E-state index in [-0.39, 0.29) is 24.0 Å². The molecule has 1 saturated heterocycles. The van der Waals surface area contributed by atoms with Gasteiger partial charge in [-0.25, -0.2) is 4.79 Å². The van der Waals surface area contributed by atoms with Crippen molar-refractivity contribution in [3.8, 4) is 0 Å². The minimum absolute atomic E-state index is 0.0439. The molecule has 2 rings (SSSR count). The average molecular weight is 297 g/mol. The van der Waals surface area contributed by atoms with E-state index in [0.29, 0.717) is 13.2 Å². The van der Waals surface area contributed by atoms with Gasteiger partial charge in [-0.1, -0.05) is 6.42 Å². The summed E-state index contributed by atoms with van der Waals surface area (Å²) in [4.78, 5) is 25.8. The van der Waals surface area contributed by atoms with Crippen LogP contribution in [0.5, 0.6) is 0 Å². The third-order valence-corrected chi connectivity index (χ3v) is 4.11. The molecular weight excluding hydrogens is 270 g/mol. The predicted molar refractivity (Wildman–Crippen MR) is 78.9 cm³/mol. The van der Waals surface area contributed by atoms with E-state index in [0.717, 1.165) is 38.5 Å². The fraction of sp³-hybridized carbons (Fsp3) is 0.875. The van der Waals surface area contributed by atoms with Crippen LogP contribution in [0.2, 0.25) is 0 Å². The molecule has 0 aromatic rings. The highest BCUT2D eigenvalue weighted by Crippen LogP contribution is 2.28. The molecule has 0 aromatic carbocycles. The van der Waals surface area contributed by atoms with Gasteiger partial charge in [0.15, 0.2) is 0 Å². The first-order valence-corrected chi connectivity index (χ1v) is 8.03. The zero-order valence-corrected chi connectivity index (χ0v) is 13.4. The van der Waals surface area contributed by atoms with Crippen LogP contribution < -0.4 is 0 Å². The fourth-order valence-corrected chi connectivity index (χ4v) is 2.67. The van der Waals surface area contributed by atoms with Crippen molar-refractivity contribution in [3.63, 3.8) is 0 Å². The Labute approximate surface area is 127 Å². The Balaban J connectivity index is 1.85. The topological polar surface area (TPSA) is 55.8 Å². The SMILES string of the molecule is CC(C)(C)OC(=O)N1CCCCC1COC(=O)C1CCC1. The standard InChI is InChI=1S/C16H27NO4/c1-16(2,3)21-15(19)17-10-5-4-9-13(17)11-20-14(18)12-7-6-8-12/h12-13H,4-11H2,1-3H3. The van der Waals surface area contributed by atoms with Gasteiger partial charge in [0.05, 0.1) is 12.0 Å². The smallest absolute Gasteiger partial charge is 0.410 e. The highest BCUT2D eigenvalue weighted by atomic mass is 16.6. The van der Waals surface area contributed by atoms with Gasteiger partial charge >= 0.3 is 12.1 Å². The van der Waals surface area contributed by atoms with Crippen LogP contribution in [-0.2, 0) is 14.3 Å². The maximum absolute atomic E-state index is 12.2. The summed E-state index contributed by atoms with van der Waals surface area (Å²) in [6.07, 6.45) is 5.62. The molecule has 0 radical (unpaired) electrons. The molecule has 1 heterocycles. The Kier molecular flexibility index (Phi) is 5.12. The molecule has 5 heteroatoms. The minimum Gasteiger partial charge on any atom is -0.463 e. The lowest BCUT2D eigenvalue weighted by Crippen LogP contribution is -2.48. The monoisotopic (exact) mass is 297 g/mol. The number of hydrogen-bond donors (Lipinski definition) is 0. The summed E-state index contributed by atoms with van der Waals surface area (Å²) >= 11 is 0. The van der Waals surface area contributed by atoms with Crippen LogP contribution in [0, 0.1) is 5.92 Å². The van der Waals surface area contributed by atoms with E-state index in [9.17, 15) is 9.59 Å². The van der Waals surface area contributed by atoms with Crippen LogP contribution >= 0.6 is 0 Å². The highest BCUT2D eigenvalue weighted by molar-refractivity contribution is 5.73. The van der Waals surface area contributed by atoms with Crippen molar-refractivity contribution in [3.05, 3.63) is 0 Å². The van der Waals surface area contributed by atoms with Crippen LogP contribution in [0.25, 0.3) is 0 Å². The highest BCUT2D eigenvalue weighted by Gasteiger charge is 2.33. The molecule has 0 spiro atoms. The molecular formula is C16H27NO4. The van der Waals surface area contributed by atoms with Gasteiger partial charge in [0.2, 0.25) is 0 Å². The molecule has 0 bridgehead atoms. The van der Waals surface area contributed by atoms with Gasteiger partial charge in [-0.3, -0.25) is 4.79 Å². The number of piperidine rings is 1. The molecule has 2 aliphatic rings. The van der Waals surface area contributed by atoms with Gasteiger partial charge < -0.3 is 14.4 Å². The summed E-state index contributed by atoms with van der Waals surface area (Å²) in [5.41, 5.74) is -0.498. The summed E-state index contributed by atoms with van der Waals surface area (Å²) in [5, 5.41) is 0. The molecule has 2 fully saturated rings. The van der Waals surface area contributed by atoms with Crippen LogP contribution in [0.15, 0.2) is 0 Å². The third-order valence-electron chi connectivity index (χ3n) is 4.11. The maximum Gasteiger partial charge on any atom is 0.410 e. The average Bonchev–Trinajstić information content (AvgIpc) is 2.32. The number of carbonyl (C=O) groups excluding carboxylic acids is 2. The number of esters is 1. The number of nitrogens with zero attached hydrogens (tertiary/aromatic N) is 1. The number of hydrogen-bond acceptors (Lipinski definition) is 4. The maximum atomic E-state index is 12.2. The second-order valence-electron chi connectivity index (χ2n) is 7.08. The number of amides is 1. The number of ether oxygens (including phenoxy) is 2. The van der Waals surface area contributed by atoms with Crippen molar-refractivity contribution in [2.75, 3.05) is 13.2 Å². The molecule has 0 N–H and O–H groups in total. The van der Waals surface area contributed by atoms with E-state index < -0.39 is 5.60 Å². The van der Waals surface area contributed by atoms with Crippen molar-refractivity contribution >= 4 is 12.1 Å². The Bertz CT molecular complexity index is 384. The molecule has 0 aromatic heterocycles. The second kappa shape index (κ2) is 6.67. The Morgan fingerprint density at radius 2 is 1.81 bits per heavy atom. The van der Waals surface area contributed by atoms with E-state index in [4.69, 9.17) is 9.47 Å². The lowest BCUT2D eigenvalue weighted by Gasteiger charge is -2.36. The summed E-state index contributed by atoms with van der Waals surface area (Å²) < 4.78 is 10.8. The third kappa shape index (κ3) is 4.61. The van der Waals surface area contributed by atoms with Crippen molar-refractivity contribution in [1.29, 1.82) is 0 Å². The Morgan fingerprint density at radius 1 is 1.10 bits per heavy atom. The first kappa shape index (κ1) is 16.1. The minimum atomic E-state index is -0.498. The molecule has 1 amide bonds. The number of carbonyl (C=O) groups is 2. The van der Waals surface area contributed by atoms with Crippen LogP contribution in [0.1, 0.15) is 59.3 Å². The summed E-state index contributed by atoms with van der Waals surface area (Å²) in [6, 6.07) is -0.0439. The Hall–Kier alpha value is -1.26. The molecule has 1 aliphatic heterocycles. The van der Waals surface area contributed by atoms with Gasteiger partial charge in [-0.05, 0) is 52.9 Å². The molecule has 1 atom stereocenters. The Morgan fingerprint density at radius 3 is 2.38 bits per heavy atom. The number of rotatable bonds is 3. The first-order chi connectivity index (χ1) is 9.87. The second-order valence-corrected chi connectivity index (χ2v) is 7.08. The zero-order valence-electron chi connectivity index (χ0n) is 13.4.